The third-order valence-electron chi connectivity index (χ3n) is 6.41. The lowest BCUT2D eigenvalue weighted by Crippen LogP contribution is -2.53. The molecule has 1 saturated carbocycles. The summed E-state index contributed by atoms with van der Waals surface area (Å²) in [6.07, 6.45) is 5.40. The van der Waals surface area contributed by atoms with Gasteiger partial charge in [0.05, 0.1) is 29.7 Å². The van der Waals surface area contributed by atoms with Crippen molar-refractivity contribution < 1.29 is 19.5 Å². The Balaban J connectivity index is 1.70. The summed E-state index contributed by atoms with van der Waals surface area (Å²) in [5.74, 6) is -2.73. The summed E-state index contributed by atoms with van der Waals surface area (Å²) in [5, 5.41) is 15.9. The van der Waals surface area contributed by atoms with E-state index < -0.39 is 40.3 Å². The van der Waals surface area contributed by atoms with E-state index in [0.717, 1.165) is 5.69 Å². The Bertz CT molecular complexity index is 1200. The monoisotopic (exact) mass is 469 g/mol. The summed E-state index contributed by atoms with van der Waals surface area (Å²) >= 11 is 0. The van der Waals surface area contributed by atoms with E-state index >= 15 is 0 Å². The molecule has 1 fully saturated rings. The van der Waals surface area contributed by atoms with Crippen molar-refractivity contribution in [3.8, 4) is 5.75 Å². The first kappa shape index (κ1) is 23.3. The number of hydrogen-bond donors (Lipinski definition) is 3. The van der Waals surface area contributed by atoms with Crippen molar-refractivity contribution >= 4 is 17.7 Å². The molecule has 4 heterocycles. The van der Waals surface area contributed by atoms with Crippen LogP contribution < -0.4 is 16.2 Å². The molecule has 2 aliphatic heterocycles. The van der Waals surface area contributed by atoms with Gasteiger partial charge in [-0.1, -0.05) is 0 Å². The van der Waals surface area contributed by atoms with Crippen molar-refractivity contribution in [3.63, 3.8) is 0 Å². The van der Waals surface area contributed by atoms with Gasteiger partial charge in [0, 0.05) is 26.8 Å². The Kier molecular flexibility index (Phi) is 6.07. The van der Waals surface area contributed by atoms with E-state index in [0.29, 0.717) is 37.9 Å². The summed E-state index contributed by atoms with van der Waals surface area (Å²) < 4.78 is 1.32. The molecular formula is C22H27N7O5. The summed E-state index contributed by atoms with van der Waals surface area (Å²) in [6.45, 7) is 2.12. The molecule has 3 amide bonds. The van der Waals surface area contributed by atoms with Crippen molar-refractivity contribution in [3.05, 3.63) is 45.7 Å². The van der Waals surface area contributed by atoms with Crippen molar-refractivity contribution in [2.24, 2.45) is 5.92 Å². The third-order valence-corrected chi connectivity index (χ3v) is 6.41. The van der Waals surface area contributed by atoms with Crippen LogP contribution in [0.2, 0.25) is 0 Å². The predicted octanol–water partition coefficient (Wildman–Crippen LogP) is -0.419. The van der Waals surface area contributed by atoms with Crippen LogP contribution >= 0.6 is 0 Å². The highest BCUT2D eigenvalue weighted by atomic mass is 16.3. The third kappa shape index (κ3) is 4.22. The molecule has 2 aromatic heterocycles. The first-order chi connectivity index (χ1) is 16.1. The lowest BCUT2D eigenvalue weighted by molar-refractivity contribution is -0.145. The molecule has 180 valence electrons. The molecule has 5 rings (SSSR count). The van der Waals surface area contributed by atoms with Crippen LogP contribution in [0.4, 0.5) is 0 Å². The van der Waals surface area contributed by atoms with Crippen molar-refractivity contribution in [2.45, 2.75) is 51.2 Å². The highest BCUT2D eigenvalue weighted by Crippen LogP contribution is 2.42. The van der Waals surface area contributed by atoms with E-state index in [2.05, 4.69) is 25.6 Å². The SMILES string of the molecule is Cc1cnc(CNC(=O)c2nc3n(c(=O)c2O)CC2CCC3(NC(=O)C(=O)N(C)C)CC2)cn1. The van der Waals surface area contributed by atoms with Gasteiger partial charge in [0.2, 0.25) is 5.75 Å². The second-order valence-corrected chi connectivity index (χ2v) is 9.06. The molecule has 0 saturated heterocycles. The highest BCUT2D eigenvalue weighted by molar-refractivity contribution is 6.35. The zero-order valence-corrected chi connectivity index (χ0v) is 19.3. The van der Waals surface area contributed by atoms with E-state index in [1.807, 2.05) is 0 Å². The molecule has 0 spiro atoms. The maximum Gasteiger partial charge on any atom is 0.311 e. The van der Waals surface area contributed by atoms with Crippen LogP contribution in [0.25, 0.3) is 0 Å². The lowest BCUT2D eigenvalue weighted by Gasteiger charge is -2.37. The quantitative estimate of drug-likeness (QED) is 0.509. The predicted molar refractivity (Wildman–Crippen MR) is 119 cm³/mol. The van der Waals surface area contributed by atoms with Gasteiger partial charge in [-0.2, -0.15) is 0 Å². The van der Waals surface area contributed by atoms with Gasteiger partial charge in [0.1, 0.15) is 5.82 Å². The zero-order chi connectivity index (χ0) is 24.6. The summed E-state index contributed by atoms with van der Waals surface area (Å²) in [4.78, 5) is 64.7. The number of hydrogen-bond acceptors (Lipinski definition) is 8. The Morgan fingerprint density at radius 2 is 1.91 bits per heavy atom. The molecule has 12 heteroatoms. The van der Waals surface area contributed by atoms with Crippen molar-refractivity contribution in [2.75, 3.05) is 14.1 Å². The van der Waals surface area contributed by atoms with E-state index in [9.17, 15) is 24.3 Å². The number of fused-ring (bicyclic) bond motifs is 2. The Morgan fingerprint density at radius 3 is 2.53 bits per heavy atom. The van der Waals surface area contributed by atoms with Crippen LogP contribution in [0.3, 0.4) is 0 Å². The number of amides is 3. The molecule has 2 aromatic rings. The van der Waals surface area contributed by atoms with Gasteiger partial charge < -0.3 is 20.6 Å². The van der Waals surface area contributed by atoms with Gasteiger partial charge in [-0.3, -0.25) is 33.7 Å². The first-order valence-corrected chi connectivity index (χ1v) is 11.0. The number of aromatic nitrogens is 4. The van der Waals surface area contributed by atoms with Gasteiger partial charge in [-0.15, -0.1) is 0 Å². The minimum absolute atomic E-state index is 0.0208. The average Bonchev–Trinajstić information content (AvgIpc) is 3.06. The molecule has 3 N–H and O–H groups in total. The minimum Gasteiger partial charge on any atom is -0.501 e. The maximum atomic E-state index is 13.1. The highest BCUT2D eigenvalue weighted by Gasteiger charge is 2.46. The van der Waals surface area contributed by atoms with Crippen LogP contribution in [0.1, 0.15) is 53.4 Å². The fourth-order valence-electron chi connectivity index (χ4n) is 4.49. The van der Waals surface area contributed by atoms with Crippen LogP contribution in [-0.2, 0) is 28.2 Å². The minimum atomic E-state index is -1.10. The Labute approximate surface area is 195 Å². The first-order valence-electron chi connectivity index (χ1n) is 11.0. The smallest absolute Gasteiger partial charge is 0.311 e. The average molecular weight is 470 g/mol. The summed E-state index contributed by atoms with van der Waals surface area (Å²) in [5.41, 5.74) is -1.07. The normalized spacial score (nSPS) is 20.7. The zero-order valence-electron chi connectivity index (χ0n) is 19.3. The number of carbonyl (C=O) groups is 3. The summed E-state index contributed by atoms with van der Waals surface area (Å²) in [6, 6.07) is 0. The van der Waals surface area contributed by atoms with Crippen molar-refractivity contribution in [1.82, 2.24) is 35.1 Å². The molecule has 0 radical (unpaired) electrons. The fourth-order valence-corrected chi connectivity index (χ4v) is 4.49. The summed E-state index contributed by atoms with van der Waals surface area (Å²) in [7, 11) is 2.94. The van der Waals surface area contributed by atoms with Gasteiger partial charge in [0.25, 0.3) is 11.5 Å². The Morgan fingerprint density at radius 1 is 1.21 bits per heavy atom. The number of rotatable bonds is 4. The molecule has 0 aromatic carbocycles. The molecule has 0 atom stereocenters. The number of aromatic hydroxyl groups is 1. The standard InChI is InChI=1S/C22H27N7O5/c1-12-8-24-14(9-23-12)10-25-17(31)15-16(30)19(33)29-11-13-4-6-22(7-5-13,21(29)26-15)27-18(32)20(34)28(2)3/h8-9,13,30H,4-7,10-11H2,1-3H3,(H,25,31)(H,27,32). The second-order valence-electron chi connectivity index (χ2n) is 9.06. The van der Waals surface area contributed by atoms with Gasteiger partial charge >= 0.3 is 11.8 Å². The molecule has 2 bridgehead atoms. The molecule has 12 nitrogen and oxygen atoms in total. The van der Waals surface area contributed by atoms with Crippen molar-refractivity contribution in [1.29, 1.82) is 0 Å². The number of nitrogens with one attached hydrogen (secondary N) is 2. The fraction of sp³-hybridized carbons (Fsp3) is 0.500. The van der Waals surface area contributed by atoms with Crippen LogP contribution in [0.5, 0.6) is 5.75 Å². The number of carbonyl (C=O) groups excluding carboxylic acids is 3. The topological polar surface area (TPSA) is 159 Å². The van der Waals surface area contributed by atoms with Gasteiger partial charge in [-0.25, -0.2) is 4.98 Å². The van der Waals surface area contributed by atoms with E-state index in [1.54, 1.807) is 13.1 Å². The Hall–Kier alpha value is -3.83. The number of nitrogens with zero attached hydrogens (tertiary/aromatic N) is 5. The van der Waals surface area contributed by atoms with E-state index in [4.69, 9.17) is 0 Å². The van der Waals surface area contributed by atoms with E-state index in [-0.39, 0.29) is 18.3 Å². The molecule has 0 unspecified atom stereocenters. The van der Waals surface area contributed by atoms with Crippen LogP contribution in [-0.4, -0.2) is 61.3 Å². The van der Waals surface area contributed by atoms with Gasteiger partial charge in [0.15, 0.2) is 5.69 Å². The van der Waals surface area contributed by atoms with Crippen LogP contribution in [0, 0.1) is 12.8 Å². The van der Waals surface area contributed by atoms with Crippen LogP contribution in [0.15, 0.2) is 17.2 Å². The molecule has 3 aliphatic rings. The lowest BCUT2D eigenvalue weighted by atomic mass is 9.77. The molecular weight excluding hydrogens is 442 g/mol. The molecule has 34 heavy (non-hydrogen) atoms. The second kappa shape index (κ2) is 8.84. The van der Waals surface area contributed by atoms with Gasteiger partial charge in [-0.05, 0) is 38.5 Å². The number of likely N-dealkylation sites (N-methyl/N-ethyl adjacent to an activating group) is 1. The number of aryl methyl sites for hydroxylation is 1. The largest absolute Gasteiger partial charge is 0.501 e. The maximum absolute atomic E-state index is 13.1. The van der Waals surface area contributed by atoms with E-state index in [1.165, 1.54) is 29.8 Å². The molecule has 1 aliphatic carbocycles.